The van der Waals surface area contributed by atoms with E-state index in [2.05, 4.69) is 16.9 Å². The molecule has 0 saturated heterocycles. The molecule has 5 heterocycles. The zero-order valence-corrected chi connectivity index (χ0v) is 19.0. The van der Waals surface area contributed by atoms with E-state index in [1.165, 1.54) is 0 Å². The number of aromatic nitrogens is 1. The molecule has 1 aromatic rings. The second-order valence-electron chi connectivity index (χ2n) is 9.39. The quantitative estimate of drug-likeness (QED) is 0.697. The molecule has 0 saturated carbocycles. The molecule has 5 rings (SSSR count). The summed E-state index contributed by atoms with van der Waals surface area (Å²) in [6.07, 6.45) is 17.8. The number of aliphatic imine (C=N–C) groups is 2. The van der Waals surface area contributed by atoms with Gasteiger partial charge in [-0.3, -0.25) is 0 Å². The van der Waals surface area contributed by atoms with Crippen LogP contribution in [0.3, 0.4) is 0 Å². The van der Waals surface area contributed by atoms with Crippen molar-refractivity contribution >= 4 is 29.5 Å². The fraction of sp³-hybridized carbons (Fsp3) is 0.222. The van der Waals surface area contributed by atoms with E-state index < -0.39 is 11.1 Å². The molecule has 166 valence electrons. The first-order chi connectivity index (χ1) is 15.7. The average molecular weight is 439 g/mol. The molecule has 1 unspecified atom stereocenters. The number of carbonyl (C=O) groups excluding carboxylic acids is 1. The van der Waals surface area contributed by atoms with Crippen LogP contribution < -0.4 is 16.0 Å². The molecule has 6 nitrogen and oxygen atoms in total. The number of allylic oxidation sites excluding steroid dienone is 5. The monoisotopic (exact) mass is 438 g/mol. The molecule has 2 N–H and O–H groups in total. The number of hydrogen-bond donors (Lipinski definition) is 2. The first-order valence-electron chi connectivity index (χ1n) is 11.0. The number of fused-ring (bicyclic) bond motifs is 6. The average Bonchev–Trinajstić information content (AvgIpc) is 3.52. The van der Waals surface area contributed by atoms with Gasteiger partial charge >= 0.3 is 5.97 Å². The first kappa shape index (κ1) is 20.9. The van der Waals surface area contributed by atoms with Crippen LogP contribution in [0.2, 0.25) is 0 Å². The van der Waals surface area contributed by atoms with Crippen molar-refractivity contribution in [2.45, 2.75) is 38.3 Å². The van der Waals surface area contributed by atoms with Gasteiger partial charge in [0, 0.05) is 28.4 Å². The fourth-order valence-electron chi connectivity index (χ4n) is 4.13. The Morgan fingerprint density at radius 3 is 2.48 bits per heavy atom. The van der Waals surface area contributed by atoms with Crippen LogP contribution in [-0.2, 0) is 9.53 Å². The Kier molecular flexibility index (Phi) is 4.81. The summed E-state index contributed by atoms with van der Waals surface area (Å²) >= 11 is 0. The highest BCUT2D eigenvalue weighted by Gasteiger charge is 2.44. The number of ether oxygens (including phenoxy) is 1. The summed E-state index contributed by atoms with van der Waals surface area (Å²) in [5, 5.41) is 5.32. The van der Waals surface area contributed by atoms with Crippen LogP contribution in [0.5, 0.6) is 0 Å². The number of nitrogens with zero attached hydrogens (tertiary/aromatic N) is 2. The van der Waals surface area contributed by atoms with Crippen LogP contribution in [0.4, 0.5) is 0 Å². The van der Waals surface area contributed by atoms with Gasteiger partial charge in [0.1, 0.15) is 5.60 Å². The van der Waals surface area contributed by atoms with E-state index in [0.717, 1.165) is 39.1 Å². The van der Waals surface area contributed by atoms with E-state index in [4.69, 9.17) is 14.7 Å². The Bertz CT molecular complexity index is 1400. The Balaban J connectivity index is 1.68. The highest BCUT2D eigenvalue weighted by atomic mass is 16.6. The summed E-state index contributed by atoms with van der Waals surface area (Å²) in [5.74, 6) is -0.349. The van der Waals surface area contributed by atoms with Crippen molar-refractivity contribution in [3.05, 3.63) is 94.6 Å². The molecule has 0 fully saturated rings. The maximum atomic E-state index is 13.4. The minimum atomic E-state index is -1.08. The summed E-state index contributed by atoms with van der Waals surface area (Å²) in [6, 6.07) is 4.01. The number of esters is 1. The van der Waals surface area contributed by atoms with Gasteiger partial charge in [0.05, 0.1) is 22.8 Å². The molecular weight excluding hydrogens is 412 g/mol. The van der Waals surface area contributed by atoms with E-state index >= 15 is 0 Å². The molecule has 0 radical (unpaired) electrons. The number of hydrogen-bond acceptors (Lipinski definition) is 5. The lowest BCUT2D eigenvalue weighted by molar-refractivity contribution is -0.160. The molecule has 4 aliphatic heterocycles. The molecule has 33 heavy (non-hydrogen) atoms. The molecule has 1 atom stereocenters. The number of carbonyl (C=O) groups is 1. The van der Waals surface area contributed by atoms with Crippen molar-refractivity contribution in [2.24, 2.45) is 9.98 Å². The summed E-state index contributed by atoms with van der Waals surface area (Å²) in [6.45, 7) is 9.60. The highest BCUT2D eigenvalue weighted by Crippen LogP contribution is 2.33. The van der Waals surface area contributed by atoms with Gasteiger partial charge in [0.2, 0.25) is 0 Å². The van der Waals surface area contributed by atoms with Crippen molar-refractivity contribution in [2.75, 3.05) is 0 Å². The van der Waals surface area contributed by atoms with Crippen molar-refractivity contribution < 1.29 is 9.53 Å². The zero-order valence-electron chi connectivity index (χ0n) is 19.0. The molecule has 1 aromatic heterocycles. The largest absolute Gasteiger partial charge is 0.458 e. The molecule has 8 bridgehead atoms. The van der Waals surface area contributed by atoms with E-state index in [-0.39, 0.29) is 5.97 Å². The zero-order chi connectivity index (χ0) is 23.2. The molecule has 0 aliphatic carbocycles. The third-order valence-corrected chi connectivity index (χ3v) is 5.60. The maximum Gasteiger partial charge on any atom is 0.336 e. The van der Waals surface area contributed by atoms with Gasteiger partial charge in [-0.05, 0) is 75.4 Å². The first-order valence-corrected chi connectivity index (χ1v) is 11.0. The minimum Gasteiger partial charge on any atom is -0.458 e. The van der Waals surface area contributed by atoms with E-state index in [9.17, 15) is 4.79 Å². The van der Waals surface area contributed by atoms with Crippen LogP contribution in [0.25, 0.3) is 12.2 Å². The Hall–Kier alpha value is -3.93. The van der Waals surface area contributed by atoms with Crippen LogP contribution >= 0.6 is 0 Å². The standard InChI is InChI=1S/C27H26N4O2/c1-5-22-23-11-10-20(30-23)15-18-7-6-17(28-18)14-19-8-9-21(29-19)16-27(13-12-24(22)31-27)25(32)33-26(2,3)4/h5-12,14-16,28,31H,1,13H2,2-4H3. The van der Waals surface area contributed by atoms with E-state index in [1.54, 1.807) is 6.08 Å². The molecule has 0 spiro atoms. The van der Waals surface area contributed by atoms with Crippen molar-refractivity contribution in [1.29, 1.82) is 0 Å². The van der Waals surface area contributed by atoms with Crippen LogP contribution in [0.1, 0.15) is 27.2 Å². The molecule has 4 aliphatic rings. The van der Waals surface area contributed by atoms with Crippen LogP contribution in [0, 0.1) is 0 Å². The van der Waals surface area contributed by atoms with Gasteiger partial charge in [0.25, 0.3) is 0 Å². The van der Waals surface area contributed by atoms with Crippen molar-refractivity contribution in [3.63, 3.8) is 0 Å². The lowest BCUT2D eigenvalue weighted by atomic mass is 9.95. The van der Waals surface area contributed by atoms with Crippen molar-refractivity contribution in [1.82, 2.24) is 10.3 Å². The lowest BCUT2D eigenvalue weighted by Crippen LogP contribution is -2.50. The third-order valence-electron chi connectivity index (χ3n) is 5.60. The van der Waals surface area contributed by atoms with Crippen LogP contribution in [0.15, 0.2) is 93.9 Å². The van der Waals surface area contributed by atoms with Gasteiger partial charge in [0.15, 0.2) is 5.54 Å². The van der Waals surface area contributed by atoms with Gasteiger partial charge in [-0.1, -0.05) is 18.7 Å². The van der Waals surface area contributed by atoms with Gasteiger partial charge < -0.3 is 15.0 Å². The van der Waals surface area contributed by atoms with E-state index in [0.29, 0.717) is 12.1 Å². The molecule has 0 amide bonds. The highest BCUT2D eigenvalue weighted by molar-refractivity contribution is 6.20. The fourth-order valence-corrected chi connectivity index (χ4v) is 4.13. The molecule has 6 heteroatoms. The van der Waals surface area contributed by atoms with Crippen molar-refractivity contribution in [3.8, 4) is 0 Å². The third kappa shape index (κ3) is 4.12. The summed E-state index contributed by atoms with van der Waals surface area (Å²) in [5.41, 5.74) is 3.06. The smallest absolute Gasteiger partial charge is 0.336 e. The maximum absolute atomic E-state index is 13.4. The Morgan fingerprint density at radius 2 is 1.79 bits per heavy atom. The number of H-pyrrole nitrogens is 1. The van der Waals surface area contributed by atoms with Gasteiger partial charge in [-0.2, -0.15) is 0 Å². The van der Waals surface area contributed by atoms with Gasteiger partial charge in [-0.25, -0.2) is 14.8 Å². The number of rotatable bonds is 2. The Morgan fingerprint density at radius 1 is 1.09 bits per heavy atom. The summed E-state index contributed by atoms with van der Waals surface area (Å²) in [7, 11) is 0. The summed E-state index contributed by atoms with van der Waals surface area (Å²) in [4.78, 5) is 26.3. The number of nitrogens with one attached hydrogen (secondary N) is 2. The predicted octanol–water partition coefficient (Wildman–Crippen LogP) is 2.89. The predicted molar refractivity (Wildman–Crippen MR) is 132 cm³/mol. The van der Waals surface area contributed by atoms with Crippen LogP contribution in [-0.4, -0.2) is 33.5 Å². The van der Waals surface area contributed by atoms with Gasteiger partial charge in [-0.15, -0.1) is 0 Å². The second-order valence-corrected chi connectivity index (χ2v) is 9.39. The molecule has 0 aromatic carbocycles. The molecular formula is C27H26N4O2. The summed E-state index contributed by atoms with van der Waals surface area (Å²) < 4.78 is 5.81. The topological polar surface area (TPSA) is 78.8 Å². The second kappa shape index (κ2) is 7.59. The van der Waals surface area contributed by atoms with E-state index in [1.807, 2.05) is 81.5 Å². The minimum absolute atomic E-state index is 0.349. The number of aromatic amines is 1. The SMILES string of the molecule is C=CC1=C2C=CC(=N2)C=c2ccc([nH]2)=CC2=NC(=CC3(C(=O)OC(C)(C)C)CC=C1N3)C=C2. The normalized spacial score (nSPS) is 23.1. The Labute approximate surface area is 192 Å². The lowest BCUT2D eigenvalue weighted by Gasteiger charge is -2.30.